The first-order chi connectivity index (χ1) is 8.88. The Kier molecular flexibility index (Phi) is 3.23. The molecule has 0 amide bonds. The number of hydrogen-bond acceptors (Lipinski definition) is 2. The van der Waals surface area contributed by atoms with E-state index in [-0.39, 0.29) is 0 Å². The zero-order valence-corrected chi connectivity index (χ0v) is 10.8. The molecule has 2 aliphatic rings. The Balaban J connectivity index is 1.87. The van der Waals surface area contributed by atoms with Gasteiger partial charge in [-0.15, -0.1) is 0 Å². The molecule has 0 radical (unpaired) electrons. The van der Waals surface area contributed by atoms with Gasteiger partial charge in [-0.2, -0.15) is 5.26 Å². The highest BCUT2D eigenvalue weighted by Crippen LogP contribution is 2.37. The van der Waals surface area contributed by atoms with Crippen LogP contribution in [-0.4, -0.2) is 12.6 Å². The lowest BCUT2D eigenvalue weighted by Gasteiger charge is -2.45. The van der Waals surface area contributed by atoms with Crippen molar-refractivity contribution in [2.75, 3.05) is 11.4 Å². The number of benzene rings is 1. The molecular formula is C16H20N2. The van der Waals surface area contributed by atoms with E-state index in [9.17, 15) is 0 Å². The highest BCUT2D eigenvalue weighted by molar-refractivity contribution is 5.52. The van der Waals surface area contributed by atoms with E-state index < -0.39 is 0 Å². The molecule has 2 atom stereocenters. The van der Waals surface area contributed by atoms with E-state index >= 15 is 0 Å². The van der Waals surface area contributed by atoms with E-state index in [0.717, 1.165) is 24.1 Å². The summed E-state index contributed by atoms with van der Waals surface area (Å²) in [5.41, 5.74) is 2.04. The first-order valence-corrected chi connectivity index (χ1v) is 7.15. The molecule has 2 fully saturated rings. The number of anilines is 1. The second kappa shape index (κ2) is 5.02. The zero-order valence-electron chi connectivity index (χ0n) is 10.8. The largest absolute Gasteiger partial charge is 0.368 e. The van der Waals surface area contributed by atoms with Crippen LogP contribution >= 0.6 is 0 Å². The van der Waals surface area contributed by atoms with Crippen LogP contribution in [0.25, 0.3) is 0 Å². The standard InChI is InChI=1S/C16H20N2/c17-12-13-5-3-8-15(11-13)18-10-4-7-14-6-1-2-9-16(14)18/h3,5,8,11,14,16H,1-2,4,6-7,9-10H2/t14-,16-/m1/s1. The molecule has 18 heavy (non-hydrogen) atoms. The number of fused-ring (bicyclic) bond motifs is 1. The number of hydrogen-bond donors (Lipinski definition) is 0. The number of rotatable bonds is 1. The summed E-state index contributed by atoms with van der Waals surface area (Å²) in [5.74, 6) is 0.887. The summed E-state index contributed by atoms with van der Waals surface area (Å²) in [6.07, 6.45) is 8.22. The Bertz CT molecular complexity index is 458. The van der Waals surface area contributed by atoms with Crippen molar-refractivity contribution in [1.29, 1.82) is 5.26 Å². The summed E-state index contributed by atoms with van der Waals surface area (Å²) in [7, 11) is 0. The molecule has 1 aromatic carbocycles. The number of nitrogens with zero attached hydrogens (tertiary/aromatic N) is 2. The Morgan fingerprint density at radius 3 is 2.83 bits per heavy atom. The van der Waals surface area contributed by atoms with E-state index in [4.69, 9.17) is 5.26 Å². The van der Waals surface area contributed by atoms with Crippen molar-refractivity contribution < 1.29 is 0 Å². The molecule has 0 N–H and O–H groups in total. The van der Waals surface area contributed by atoms with Crippen LogP contribution in [0, 0.1) is 17.2 Å². The molecule has 1 saturated heterocycles. The van der Waals surface area contributed by atoms with Gasteiger partial charge < -0.3 is 4.90 Å². The highest BCUT2D eigenvalue weighted by atomic mass is 15.2. The molecule has 1 saturated carbocycles. The van der Waals surface area contributed by atoms with Crippen molar-refractivity contribution in [3.8, 4) is 6.07 Å². The van der Waals surface area contributed by atoms with Gasteiger partial charge >= 0.3 is 0 Å². The van der Waals surface area contributed by atoms with Crippen LogP contribution < -0.4 is 4.90 Å². The van der Waals surface area contributed by atoms with Gasteiger partial charge in [0.2, 0.25) is 0 Å². The second-order valence-electron chi connectivity index (χ2n) is 5.61. The van der Waals surface area contributed by atoms with Gasteiger partial charge in [0.25, 0.3) is 0 Å². The lowest BCUT2D eigenvalue weighted by molar-refractivity contribution is 0.244. The molecule has 2 nitrogen and oxygen atoms in total. The topological polar surface area (TPSA) is 27.0 Å². The predicted octanol–water partition coefficient (Wildman–Crippen LogP) is 3.72. The van der Waals surface area contributed by atoms with Gasteiger partial charge in [0, 0.05) is 18.3 Å². The molecule has 94 valence electrons. The van der Waals surface area contributed by atoms with Crippen molar-refractivity contribution >= 4 is 5.69 Å². The van der Waals surface area contributed by atoms with E-state index in [1.165, 1.54) is 44.2 Å². The van der Waals surface area contributed by atoms with Crippen molar-refractivity contribution in [3.63, 3.8) is 0 Å². The van der Waals surface area contributed by atoms with Gasteiger partial charge in [-0.1, -0.05) is 18.9 Å². The summed E-state index contributed by atoms with van der Waals surface area (Å²) >= 11 is 0. The van der Waals surface area contributed by atoms with Gasteiger partial charge in [-0.3, -0.25) is 0 Å². The van der Waals surface area contributed by atoms with Gasteiger partial charge in [0.15, 0.2) is 0 Å². The van der Waals surface area contributed by atoms with Gasteiger partial charge in [0.05, 0.1) is 11.6 Å². The smallest absolute Gasteiger partial charge is 0.0992 e. The van der Waals surface area contributed by atoms with Crippen LogP contribution in [0.1, 0.15) is 44.1 Å². The average molecular weight is 240 g/mol. The Morgan fingerprint density at radius 2 is 1.94 bits per heavy atom. The second-order valence-corrected chi connectivity index (χ2v) is 5.61. The Hall–Kier alpha value is -1.49. The molecule has 3 rings (SSSR count). The minimum atomic E-state index is 0.724. The molecule has 0 spiro atoms. The van der Waals surface area contributed by atoms with Crippen LogP contribution in [0.2, 0.25) is 0 Å². The predicted molar refractivity (Wildman–Crippen MR) is 73.5 cm³/mol. The summed E-state index contributed by atoms with van der Waals surface area (Å²) < 4.78 is 0. The average Bonchev–Trinajstić information content (AvgIpc) is 2.47. The lowest BCUT2D eigenvalue weighted by Crippen LogP contribution is -2.46. The van der Waals surface area contributed by atoms with Gasteiger partial charge in [-0.05, 0) is 49.8 Å². The summed E-state index contributed by atoms with van der Waals surface area (Å²) in [4.78, 5) is 2.56. The van der Waals surface area contributed by atoms with E-state index in [2.05, 4.69) is 23.1 Å². The molecule has 1 heterocycles. The zero-order chi connectivity index (χ0) is 12.4. The molecule has 0 bridgehead atoms. The fraction of sp³-hybridized carbons (Fsp3) is 0.562. The molecule has 1 aliphatic heterocycles. The summed E-state index contributed by atoms with van der Waals surface area (Å²) in [6, 6.07) is 11.1. The third-order valence-corrected chi connectivity index (χ3v) is 4.55. The fourth-order valence-electron chi connectivity index (χ4n) is 3.70. The molecule has 0 unspecified atom stereocenters. The van der Waals surface area contributed by atoms with Gasteiger partial charge in [-0.25, -0.2) is 0 Å². The Morgan fingerprint density at radius 1 is 1.11 bits per heavy atom. The van der Waals surface area contributed by atoms with Crippen LogP contribution in [0.3, 0.4) is 0 Å². The maximum Gasteiger partial charge on any atom is 0.0992 e. The van der Waals surface area contributed by atoms with Crippen molar-refractivity contribution in [3.05, 3.63) is 29.8 Å². The molecule has 2 heteroatoms. The maximum absolute atomic E-state index is 9.02. The SMILES string of the molecule is N#Cc1cccc(N2CCC[C@H]3CCCC[C@H]32)c1. The van der Waals surface area contributed by atoms with Crippen molar-refractivity contribution in [2.45, 2.75) is 44.6 Å². The van der Waals surface area contributed by atoms with Crippen LogP contribution in [0.4, 0.5) is 5.69 Å². The third-order valence-electron chi connectivity index (χ3n) is 4.55. The van der Waals surface area contributed by atoms with Gasteiger partial charge in [0.1, 0.15) is 0 Å². The number of nitriles is 1. The van der Waals surface area contributed by atoms with Crippen molar-refractivity contribution in [2.24, 2.45) is 5.92 Å². The van der Waals surface area contributed by atoms with Crippen LogP contribution in [0.5, 0.6) is 0 Å². The number of piperidine rings is 1. The molecule has 1 aliphatic carbocycles. The monoisotopic (exact) mass is 240 g/mol. The lowest BCUT2D eigenvalue weighted by atomic mass is 9.78. The minimum absolute atomic E-state index is 0.724. The van der Waals surface area contributed by atoms with Crippen molar-refractivity contribution in [1.82, 2.24) is 0 Å². The summed E-state index contributed by atoms with van der Waals surface area (Å²) in [6.45, 7) is 1.16. The maximum atomic E-state index is 9.02. The molecule has 1 aromatic rings. The fourth-order valence-corrected chi connectivity index (χ4v) is 3.70. The molecule has 0 aromatic heterocycles. The Labute approximate surface area is 109 Å². The van der Waals surface area contributed by atoms with Crippen LogP contribution in [0.15, 0.2) is 24.3 Å². The minimum Gasteiger partial charge on any atom is -0.368 e. The highest BCUT2D eigenvalue weighted by Gasteiger charge is 2.33. The third kappa shape index (κ3) is 2.10. The van der Waals surface area contributed by atoms with Crippen LogP contribution in [-0.2, 0) is 0 Å². The summed E-state index contributed by atoms with van der Waals surface area (Å²) in [5, 5.41) is 9.02. The first kappa shape index (κ1) is 11.6. The molecular weight excluding hydrogens is 220 g/mol. The van der Waals surface area contributed by atoms with E-state index in [1.807, 2.05) is 12.1 Å². The van der Waals surface area contributed by atoms with E-state index in [1.54, 1.807) is 0 Å². The quantitative estimate of drug-likeness (QED) is 0.748. The normalized spacial score (nSPS) is 27.4. The first-order valence-electron chi connectivity index (χ1n) is 7.15. The van der Waals surface area contributed by atoms with E-state index in [0.29, 0.717) is 0 Å².